The molecular formula is C13H14N2O. The van der Waals surface area contributed by atoms with Gasteiger partial charge in [-0.1, -0.05) is 6.92 Å². The summed E-state index contributed by atoms with van der Waals surface area (Å²) >= 11 is 0. The molecular weight excluding hydrogens is 200 g/mol. The highest BCUT2D eigenvalue weighted by Gasteiger charge is 2.04. The predicted molar refractivity (Wildman–Crippen MR) is 64.4 cm³/mol. The molecule has 3 heteroatoms. The van der Waals surface area contributed by atoms with Crippen molar-refractivity contribution in [2.75, 3.05) is 0 Å². The largest absolute Gasteiger partial charge is 0.326 e. The predicted octanol–water partition coefficient (Wildman–Crippen LogP) is 2.31. The molecule has 2 rings (SSSR count). The Kier molecular flexibility index (Phi) is 2.86. The van der Waals surface area contributed by atoms with Crippen molar-refractivity contribution in [3.63, 3.8) is 0 Å². The Morgan fingerprint density at radius 2 is 2.12 bits per heavy atom. The molecule has 2 aromatic rings. The normalized spacial score (nSPS) is 10.4. The molecule has 0 aromatic carbocycles. The summed E-state index contributed by atoms with van der Waals surface area (Å²) in [4.78, 5) is 18.3. The molecule has 0 bridgehead atoms. The number of nitrogens with zero attached hydrogens (tertiary/aromatic N) is 1. The quantitative estimate of drug-likeness (QED) is 0.833. The molecule has 0 unspecified atom stereocenters. The van der Waals surface area contributed by atoms with Gasteiger partial charge in [0, 0.05) is 29.2 Å². The van der Waals surface area contributed by atoms with Gasteiger partial charge in [-0.15, -0.1) is 0 Å². The fourth-order valence-electron chi connectivity index (χ4n) is 1.78. The SMILES string of the molecule is CCc1[nH]c(=O)ccc1-c1ccnc(C)c1. The van der Waals surface area contributed by atoms with Gasteiger partial charge < -0.3 is 4.98 Å². The summed E-state index contributed by atoms with van der Waals surface area (Å²) in [5, 5.41) is 0. The molecule has 2 heterocycles. The van der Waals surface area contributed by atoms with Crippen molar-refractivity contribution in [2.45, 2.75) is 20.3 Å². The summed E-state index contributed by atoms with van der Waals surface area (Å²) in [5.41, 5.74) is 4.07. The summed E-state index contributed by atoms with van der Waals surface area (Å²) in [6.07, 6.45) is 2.60. The van der Waals surface area contributed by atoms with Crippen molar-refractivity contribution >= 4 is 0 Å². The van der Waals surface area contributed by atoms with Crippen LogP contribution in [0.1, 0.15) is 18.3 Å². The minimum Gasteiger partial charge on any atom is -0.326 e. The number of aromatic amines is 1. The van der Waals surface area contributed by atoms with Crippen molar-refractivity contribution in [1.82, 2.24) is 9.97 Å². The average Bonchev–Trinajstić information content (AvgIpc) is 2.28. The second kappa shape index (κ2) is 4.31. The molecule has 1 N–H and O–H groups in total. The van der Waals surface area contributed by atoms with Crippen LogP contribution in [0.4, 0.5) is 0 Å². The monoisotopic (exact) mass is 214 g/mol. The van der Waals surface area contributed by atoms with E-state index in [1.807, 2.05) is 32.0 Å². The van der Waals surface area contributed by atoms with E-state index in [1.165, 1.54) is 0 Å². The van der Waals surface area contributed by atoms with Gasteiger partial charge in [-0.3, -0.25) is 9.78 Å². The molecule has 0 amide bonds. The van der Waals surface area contributed by atoms with Crippen molar-refractivity contribution in [3.8, 4) is 11.1 Å². The molecule has 0 radical (unpaired) electrons. The van der Waals surface area contributed by atoms with E-state index < -0.39 is 0 Å². The molecule has 82 valence electrons. The molecule has 16 heavy (non-hydrogen) atoms. The van der Waals surface area contributed by atoms with Crippen LogP contribution < -0.4 is 5.56 Å². The molecule has 0 spiro atoms. The molecule has 0 aliphatic carbocycles. The van der Waals surface area contributed by atoms with E-state index in [0.717, 1.165) is 28.9 Å². The van der Waals surface area contributed by atoms with Crippen molar-refractivity contribution in [2.24, 2.45) is 0 Å². The van der Waals surface area contributed by atoms with Crippen LogP contribution in [0.15, 0.2) is 35.3 Å². The van der Waals surface area contributed by atoms with E-state index in [9.17, 15) is 4.79 Å². The number of rotatable bonds is 2. The second-order valence-electron chi connectivity index (χ2n) is 3.75. The standard InChI is InChI=1S/C13H14N2O/c1-3-12-11(4-5-13(16)15-12)10-6-7-14-9(2)8-10/h4-8H,3H2,1-2H3,(H,15,16). The van der Waals surface area contributed by atoms with Crippen molar-refractivity contribution < 1.29 is 0 Å². The third-order valence-corrected chi connectivity index (χ3v) is 2.56. The lowest BCUT2D eigenvalue weighted by atomic mass is 10.0. The number of aromatic nitrogens is 2. The first-order chi connectivity index (χ1) is 7.70. The molecule has 3 nitrogen and oxygen atoms in total. The fourth-order valence-corrected chi connectivity index (χ4v) is 1.78. The van der Waals surface area contributed by atoms with Crippen molar-refractivity contribution in [3.05, 3.63) is 52.2 Å². The first-order valence-electron chi connectivity index (χ1n) is 5.36. The maximum atomic E-state index is 11.2. The van der Waals surface area contributed by atoms with Crippen LogP contribution in [0.5, 0.6) is 0 Å². The molecule has 0 saturated heterocycles. The molecule has 0 saturated carbocycles. The van der Waals surface area contributed by atoms with Gasteiger partial charge >= 0.3 is 0 Å². The Balaban J connectivity index is 2.59. The highest BCUT2D eigenvalue weighted by atomic mass is 16.1. The van der Waals surface area contributed by atoms with Gasteiger partial charge in [0.1, 0.15) is 0 Å². The maximum absolute atomic E-state index is 11.2. The molecule has 0 atom stereocenters. The number of hydrogen-bond donors (Lipinski definition) is 1. The Bertz CT molecular complexity index is 558. The average molecular weight is 214 g/mol. The number of pyridine rings is 2. The van der Waals surface area contributed by atoms with Crippen LogP contribution in [0.3, 0.4) is 0 Å². The molecule has 0 fully saturated rings. The van der Waals surface area contributed by atoms with Crippen LogP contribution in [0, 0.1) is 6.92 Å². The van der Waals surface area contributed by atoms with E-state index in [2.05, 4.69) is 9.97 Å². The van der Waals surface area contributed by atoms with E-state index in [0.29, 0.717) is 0 Å². The van der Waals surface area contributed by atoms with Gasteiger partial charge in [-0.2, -0.15) is 0 Å². The third-order valence-electron chi connectivity index (χ3n) is 2.56. The van der Waals surface area contributed by atoms with Gasteiger partial charge in [0.2, 0.25) is 5.56 Å². The second-order valence-corrected chi connectivity index (χ2v) is 3.75. The molecule has 0 aliphatic rings. The third kappa shape index (κ3) is 2.03. The van der Waals surface area contributed by atoms with Gasteiger partial charge in [-0.05, 0) is 37.1 Å². The topological polar surface area (TPSA) is 45.8 Å². The number of nitrogens with one attached hydrogen (secondary N) is 1. The lowest BCUT2D eigenvalue weighted by Crippen LogP contribution is -2.07. The molecule has 2 aromatic heterocycles. The first kappa shape index (κ1) is 10.6. The minimum atomic E-state index is -0.0496. The Morgan fingerprint density at radius 3 is 2.81 bits per heavy atom. The van der Waals surface area contributed by atoms with Gasteiger partial charge in [-0.25, -0.2) is 0 Å². The smallest absolute Gasteiger partial charge is 0.248 e. The van der Waals surface area contributed by atoms with E-state index >= 15 is 0 Å². The highest BCUT2D eigenvalue weighted by Crippen LogP contribution is 2.21. The summed E-state index contributed by atoms with van der Waals surface area (Å²) in [7, 11) is 0. The molecule has 0 aliphatic heterocycles. The van der Waals surface area contributed by atoms with E-state index in [-0.39, 0.29) is 5.56 Å². The number of aryl methyl sites for hydroxylation is 2. The van der Waals surface area contributed by atoms with Gasteiger partial charge in [0.15, 0.2) is 0 Å². The van der Waals surface area contributed by atoms with E-state index in [4.69, 9.17) is 0 Å². The van der Waals surface area contributed by atoms with Gasteiger partial charge in [0.25, 0.3) is 0 Å². The van der Waals surface area contributed by atoms with Crippen LogP contribution in [-0.2, 0) is 6.42 Å². The Labute approximate surface area is 94.2 Å². The lowest BCUT2D eigenvalue weighted by molar-refractivity contribution is 1.01. The fraction of sp³-hybridized carbons (Fsp3) is 0.231. The van der Waals surface area contributed by atoms with Crippen LogP contribution in [0.25, 0.3) is 11.1 Å². The summed E-state index contributed by atoms with van der Waals surface area (Å²) in [5.74, 6) is 0. The zero-order valence-electron chi connectivity index (χ0n) is 9.45. The summed E-state index contributed by atoms with van der Waals surface area (Å²) in [6, 6.07) is 7.41. The Morgan fingerprint density at radius 1 is 1.31 bits per heavy atom. The lowest BCUT2D eigenvalue weighted by Gasteiger charge is -2.07. The number of hydrogen-bond acceptors (Lipinski definition) is 2. The van der Waals surface area contributed by atoms with Gasteiger partial charge in [0.05, 0.1) is 0 Å². The number of H-pyrrole nitrogens is 1. The van der Waals surface area contributed by atoms with Crippen LogP contribution in [-0.4, -0.2) is 9.97 Å². The zero-order chi connectivity index (χ0) is 11.5. The van der Waals surface area contributed by atoms with Crippen LogP contribution >= 0.6 is 0 Å². The first-order valence-corrected chi connectivity index (χ1v) is 5.36. The van der Waals surface area contributed by atoms with Crippen LogP contribution in [0.2, 0.25) is 0 Å². The minimum absolute atomic E-state index is 0.0496. The Hall–Kier alpha value is -1.90. The summed E-state index contributed by atoms with van der Waals surface area (Å²) in [6.45, 7) is 3.99. The van der Waals surface area contributed by atoms with E-state index in [1.54, 1.807) is 12.3 Å². The highest BCUT2D eigenvalue weighted by molar-refractivity contribution is 5.65. The summed E-state index contributed by atoms with van der Waals surface area (Å²) < 4.78 is 0. The maximum Gasteiger partial charge on any atom is 0.248 e. The van der Waals surface area contributed by atoms with Crippen molar-refractivity contribution in [1.29, 1.82) is 0 Å². The zero-order valence-corrected chi connectivity index (χ0v) is 9.45.